The van der Waals surface area contributed by atoms with Crippen LogP contribution in [0.3, 0.4) is 0 Å². The number of rotatable bonds is 3. The van der Waals surface area contributed by atoms with E-state index in [0.29, 0.717) is 11.7 Å². The summed E-state index contributed by atoms with van der Waals surface area (Å²) in [6, 6.07) is 3.01. The number of piperidine rings is 1. The van der Waals surface area contributed by atoms with Crippen molar-refractivity contribution in [3.8, 4) is 0 Å². The average Bonchev–Trinajstić information content (AvgIpc) is 2.38. The van der Waals surface area contributed by atoms with Crippen LogP contribution in [0.5, 0.6) is 0 Å². The van der Waals surface area contributed by atoms with Crippen molar-refractivity contribution in [3.05, 3.63) is 23.5 Å². The molecule has 20 heavy (non-hydrogen) atoms. The van der Waals surface area contributed by atoms with Gasteiger partial charge < -0.3 is 21.3 Å². The van der Waals surface area contributed by atoms with Crippen LogP contribution in [-0.4, -0.2) is 44.0 Å². The molecule has 110 valence electrons. The Kier molecular flexibility index (Phi) is 4.13. The van der Waals surface area contributed by atoms with E-state index in [-0.39, 0.29) is 11.3 Å². The summed E-state index contributed by atoms with van der Waals surface area (Å²) in [7, 11) is 4.03. The standard InChI is InChI=1S/C14H21FN4O/c1-18(2)9-4-3-5-19(8-9)13-6-10(14(17)20)12(16)7-11(13)15/h6-7,9H,3-5,8,16H2,1-2H3,(H2,17,20). The number of hydrogen-bond donors (Lipinski definition) is 2. The molecule has 1 amide bonds. The highest BCUT2D eigenvalue weighted by Crippen LogP contribution is 2.28. The van der Waals surface area contributed by atoms with Gasteiger partial charge in [0, 0.05) is 24.8 Å². The van der Waals surface area contributed by atoms with E-state index < -0.39 is 11.7 Å². The maximum atomic E-state index is 14.1. The highest BCUT2D eigenvalue weighted by Gasteiger charge is 2.24. The zero-order chi connectivity index (χ0) is 14.9. The molecule has 1 aromatic carbocycles. The van der Waals surface area contributed by atoms with Gasteiger partial charge in [0.15, 0.2) is 0 Å². The van der Waals surface area contributed by atoms with E-state index in [1.807, 2.05) is 19.0 Å². The number of nitrogens with two attached hydrogens (primary N) is 2. The van der Waals surface area contributed by atoms with E-state index in [1.165, 1.54) is 12.1 Å². The zero-order valence-corrected chi connectivity index (χ0v) is 11.9. The SMILES string of the molecule is CN(C)C1CCCN(c2cc(C(N)=O)c(N)cc2F)C1. The van der Waals surface area contributed by atoms with Crippen LogP contribution in [0.1, 0.15) is 23.2 Å². The van der Waals surface area contributed by atoms with Gasteiger partial charge in [0.2, 0.25) is 0 Å². The number of halogens is 1. The highest BCUT2D eigenvalue weighted by molar-refractivity contribution is 5.99. The summed E-state index contributed by atoms with van der Waals surface area (Å²) < 4.78 is 14.1. The lowest BCUT2D eigenvalue weighted by atomic mass is 10.0. The van der Waals surface area contributed by atoms with Gasteiger partial charge in [-0.05, 0) is 39.1 Å². The zero-order valence-electron chi connectivity index (χ0n) is 11.9. The molecule has 1 fully saturated rings. The number of nitrogen functional groups attached to an aromatic ring is 1. The molecule has 0 saturated carbocycles. The summed E-state index contributed by atoms with van der Waals surface area (Å²) in [5.41, 5.74) is 11.6. The number of likely N-dealkylation sites (N-methyl/N-ethyl adjacent to an activating group) is 1. The lowest BCUT2D eigenvalue weighted by Crippen LogP contribution is -2.45. The van der Waals surface area contributed by atoms with Crippen molar-refractivity contribution in [2.24, 2.45) is 5.73 Å². The summed E-state index contributed by atoms with van der Waals surface area (Å²) in [6.07, 6.45) is 2.07. The van der Waals surface area contributed by atoms with Gasteiger partial charge in [-0.2, -0.15) is 0 Å². The molecule has 0 aliphatic carbocycles. The van der Waals surface area contributed by atoms with Crippen LogP contribution >= 0.6 is 0 Å². The van der Waals surface area contributed by atoms with E-state index in [1.54, 1.807) is 0 Å². The molecular formula is C14H21FN4O. The monoisotopic (exact) mass is 280 g/mol. The third-order valence-electron chi connectivity index (χ3n) is 3.85. The van der Waals surface area contributed by atoms with Crippen LogP contribution in [-0.2, 0) is 0 Å². The van der Waals surface area contributed by atoms with Crippen molar-refractivity contribution in [1.29, 1.82) is 0 Å². The Hall–Kier alpha value is -1.82. The van der Waals surface area contributed by atoms with Gasteiger partial charge >= 0.3 is 0 Å². The van der Waals surface area contributed by atoms with Crippen LogP contribution in [0.2, 0.25) is 0 Å². The molecule has 1 aliphatic rings. The first-order chi connectivity index (χ1) is 9.40. The third kappa shape index (κ3) is 2.85. The third-order valence-corrected chi connectivity index (χ3v) is 3.85. The number of hydrogen-bond acceptors (Lipinski definition) is 4. The van der Waals surface area contributed by atoms with Crippen LogP contribution in [0, 0.1) is 5.82 Å². The molecule has 0 aromatic heterocycles. The molecule has 1 aliphatic heterocycles. The van der Waals surface area contributed by atoms with Gasteiger partial charge in [0.05, 0.1) is 11.3 Å². The number of benzene rings is 1. The first-order valence-corrected chi connectivity index (χ1v) is 6.70. The van der Waals surface area contributed by atoms with Gasteiger partial charge in [-0.1, -0.05) is 0 Å². The topological polar surface area (TPSA) is 75.6 Å². The summed E-state index contributed by atoms with van der Waals surface area (Å²) >= 11 is 0. The average molecular weight is 280 g/mol. The summed E-state index contributed by atoms with van der Waals surface area (Å²) in [6.45, 7) is 1.50. The largest absolute Gasteiger partial charge is 0.398 e. The fourth-order valence-corrected chi connectivity index (χ4v) is 2.63. The number of amides is 1. The molecule has 2 rings (SSSR count). The second kappa shape index (κ2) is 5.66. The Morgan fingerprint density at radius 1 is 1.45 bits per heavy atom. The molecule has 1 unspecified atom stereocenters. The number of carbonyl (C=O) groups excluding carboxylic acids is 1. The Morgan fingerprint density at radius 3 is 2.75 bits per heavy atom. The first-order valence-electron chi connectivity index (χ1n) is 6.70. The molecule has 1 heterocycles. The highest BCUT2D eigenvalue weighted by atomic mass is 19.1. The Morgan fingerprint density at radius 2 is 2.15 bits per heavy atom. The summed E-state index contributed by atoms with van der Waals surface area (Å²) in [5.74, 6) is -1.04. The van der Waals surface area contributed by atoms with E-state index in [9.17, 15) is 9.18 Å². The van der Waals surface area contributed by atoms with E-state index in [4.69, 9.17) is 11.5 Å². The fourth-order valence-electron chi connectivity index (χ4n) is 2.63. The van der Waals surface area contributed by atoms with Crippen molar-refractivity contribution in [3.63, 3.8) is 0 Å². The minimum atomic E-state index is -0.634. The first kappa shape index (κ1) is 14.6. The van der Waals surface area contributed by atoms with Gasteiger partial charge in [-0.15, -0.1) is 0 Å². The van der Waals surface area contributed by atoms with E-state index in [2.05, 4.69) is 4.90 Å². The quantitative estimate of drug-likeness (QED) is 0.811. The van der Waals surface area contributed by atoms with Crippen molar-refractivity contribution < 1.29 is 9.18 Å². The number of primary amides is 1. The lowest BCUT2D eigenvalue weighted by Gasteiger charge is -2.37. The van der Waals surface area contributed by atoms with E-state index in [0.717, 1.165) is 25.9 Å². The van der Waals surface area contributed by atoms with Crippen molar-refractivity contribution in [1.82, 2.24) is 4.90 Å². The smallest absolute Gasteiger partial charge is 0.250 e. The molecule has 0 spiro atoms. The second-order valence-electron chi connectivity index (χ2n) is 5.46. The van der Waals surface area contributed by atoms with Crippen molar-refractivity contribution >= 4 is 17.3 Å². The molecule has 5 nitrogen and oxygen atoms in total. The Balaban J connectivity index is 2.32. The van der Waals surface area contributed by atoms with Gasteiger partial charge in [0.25, 0.3) is 5.91 Å². The van der Waals surface area contributed by atoms with Gasteiger partial charge in [0.1, 0.15) is 5.82 Å². The van der Waals surface area contributed by atoms with Crippen LogP contribution in [0.4, 0.5) is 15.8 Å². The molecule has 0 bridgehead atoms. The molecule has 1 aromatic rings. The molecular weight excluding hydrogens is 259 g/mol. The Bertz CT molecular complexity index is 518. The predicted molar refractivity (Wildman–Crippen MR) is 78.3 cm³/mol. The van der Waals surface area contributed by atoms with Crippen molar-refractivity contribution in [2.75, 3.05) is 37.8 Å². The molecule has 0 radical (unpaired) electrons. The number of carbonyl (C=O) groups is 1. The predicted octanol–water partition coefficient (Wildman–Crippen LogP) is 1.04. The normalized spacial score (nSPS) is 19.4. The van der Waals surface area contributed by atoms with Crippen LogP contribution < -0.4 is 16.4 Å². The Labute approximate surface area is 118 Å². The second-order valence-corrected chi connectivity index (χ2v) is 5.46. The van der Waals surface area contributed by atoms with Crippen LogP contribution in [0.25, 0.3) is 0 Å². The summed E-state index contributed by atoms with van der Waals surface area (Å²) in [5, 5.41) is 0. The van der Waals surface area contributed by atoms with Crippen molar-refractivity contribution in [2.45, 2.75) is 18.9 Å². The number of anilines is 2. The number of nitrogens with zero attached hydrogens (tertiary/aromatic N) is 2. The molecule has 4 N–H and O–H groups in total. The summed E-state index contributed by atoms with van der Waals surface area (Å²) in [4.78, 5) is 15.4. The fraction of sp³-hybridized carbons (Fsp3) is 0.500. The minimum absolute atomic E-state index is 0.0833. The lowest BCUT2D eigenvalue weighted by molar-refractivity contribution is 0.100. The van der Waals surface area contributed by atoms with Crippen LogP contribution in [0.15, 0.2) is 12.1 Å². The van der Waals surface area contributed by atoms with Gasteiger partial charge in [-0.3, -0.25) is 4.79 Å². The van der Waals surface area contributed by atoms with E-state index >= 15 is 0 Å². The molecule has 1 saturated heterocycles. The molecule has 1 atom stereocenters. The maximum Gasteiger partial charge on any atom is 0.250 e. The molecule has 6 heteroatoms. The minimum Gasteiger partial charge on any atom is -0.398 e. The van der Waals surface area contributed by atoms with Gasteiger partial charge in [-0.25, -0.2) is 4.39 Å². The maximum absolute atomic E-state index is 14.1.